The molecule has 1 aliphatic heterocycles. The van der Waals surface area contributed by atoms with Gasteiger partial charge in [0, 0.05) is 0 Å². The van der Waals surface area contributed by atoms with Crippen molar-refractivity contribution in [3.05, 3.63) is 0 Å². The minimum Gasteiger partial charge on any atom is -0.299 e. The fourth-order valence-corrected chi connectivity index (χ4v) is 4.01. The maximum Gasteiger partial charge on any atom is 0.0688 e. The summed E-state index contributed by atoms with van der Waals surface area (Å²) < 4.78 is 18.0. The van der Waals surface area contributed by atoms with E-state index in [-0.39, 0.29) is 22.3 Å². The monoisotopic (exact) mass is 190 g/mol. The van der Waals surface area contributed by atoms with Crippen LogP contribution >= 0.6 is 33.8 Å². The number of hydrogen-bond donors (Lipinski definition) is 2. The van der Waals surface area contributed by atoms with Gasteiger partial charge < -0.3 is 0 Å². The van der Waals surface area contributed by atoms with E-state index < -0.39 is 10.6 Å². The molecule has 0 spiro atoms. The normalized spacial score (nSPS) is 44.9. The SMILES string of the molecule is OS1(O)CC(Cl)C(Cl)C1. The van der Waals surface area contributed by atoms with Gasteiger partial charge in [-0.25, -0.2) is 0 Å². The Balaban J connectivity index is 2.54. The topological polar surface area (TPSA) is 40.5 Å². The third kappa shape index (κ3) is 1.88. The molecule has 0 aliphatic carbocycles. The van der Waals surface area contributed by atoms with Crippen molar-refractivity contribution < 1.29 is 9.11 Å². The molecule has 0 amide bonds. The summed E-state index contributed by atoms with van der Waals surface area (Å²) in [4.78, 5) is 0. The van der Waals surface area contributed by atoms with Crippen LogP contribution < -0.4 is 0 Å². The van der Waals surface area contributed by atoms with Gasteiger partial charge >= 0.3 is 0 Å². The van der Waals surface area contributed by atoms with Crippen molar-refractivity contribution in [2.45, 2.75) is 10.8 Å². The minimum atomic E-state index is -2.41. The first kappa shape index (κ1) is 7.95. The van der Waals surface area contributed by atoms with Crippen LogP contribution in [0.1, 0.15) is 0 Å². The molecule has 56 valence electrons. The molecule has 0 saturated carbocycles. The molecule has 9 heavy (non-hydrogen) atoms. The molecule has 1 rings (SSSR count). The first-order valence-corrected chi connectivity index (χ1v) is 5.29. The number of alkyl halides is 2. The van der Waals surface area contributed by atoms with E-state index in [9.17, 15) is 0 Å². The molecule has 2 nitrogen and oxygen atoms in total. The number of rotatable bonds is 0. The van der Waals surface area contributed by atoms with Gasteiger partial charge in [-0.1, -0.05) is 0 Å². The molecule has 0 aromatic rings. The van der Waals surface area contributed by atoms with E-state index in [0.717, 1.165) is 0 Å². The second-order valence-corrected chi connectivity index (χ2v) is 5.56. The van der Waals surface area contributed by atoms with Crippen LogP contribution in [0.15, 0.2) is 0 Å². The molecule has 5 heteroatoms. The second-order valence-electron chi connectivity index (χ2n) is 2.17. The number of hydrogen-bond acceptors (Lipinski definition) is 2. The van der Waals surface area contributed by atoms with E-state index in [2.05, 4.69) is 0 Å². The molecule has 1 saturated heterocycles. The van der Waals surface area contributed by atoms with E-state index in [1.54, 1.807) is 0 Å². The summed E-state index contributed by atoms with van der Waals surface area (Å²) in [5.41, 5.74) is 0. The Bertz CT molecular complexity index is 107. The Morgan fingerprint density at radius 3 is 1.56 bits per heavy atom. The first-order valence-electron chi connectivity index (χ1n) is 2.53. The predicted octanol–water partition coefficient (Wildman–Crippen LogP) is 1.97. The third-order valence-corrected chi connectivity index (χ3v) is 4.44. The van der Waals surface area contributed by atoms with Gasteiger partial charge in [-0.2, -0.15) is 10.6 Å². The highest BCUT2D eigenvalue weighted by molar-refractivity contribution is 8.24. The molecule has 0 bridgehead atoms. The lowest BCUT2D eigenvalue weighted by molar-refractivity contribution is 0.495. The first-order chi connectivity index (χ1) is 4.01. The van der Waals surface area contributed by atoms with Crippen molar-refractivity contribution in [1.82, 2.24) is 0 Å². The van der Waals surface area contributed by atoms with Gasteiger partial charge in [-0.05, 0) is 0 Å². The van der Waals surface area contributed by atoms with E-state index in [1.165, 1.54) is 0 Å². The molecule has 0 radical (unpaired) electrons. The Morgan fingerprint density at radius 1 is 1.11 bits per heavy atom. The van der Waals surface area contributed by atoms with Crippen molar-refractivity contribution in [2.75, 3.05) is 11.5 Å². The van der Waals surface area contributed by atoms with Crippen LogP contribution in [-0.4, -0.2) is 31.4 Å². The van der Waals surface area contributed by atoms with Crippen molar-refractivity contribution >= 4 is 33.8 Å². The maximum atomic E-state index is 9.01. The van der Waals surface area contributed by atoms with Crippen LogP contribution in [0.25, 0.3) is 0 Å². The summed E-state index contributed by atoms with van der Waals surface area (Å²) in [5, 5.41) is -0.534. The van der Waals surface area contributed by atoms with Gasteiger partial charge in [0.05, 0.1) is 22.3 Å². The lowest BCUT2D eigenvalue weighted by atomic mass is 10.4. The zero-order chi connectivity index (χ0) is 7.07. The van der Waals surface area contributed by atoms with Crippen LogP contribution in [0.5, 0.6) is 0 Å². The molecule has 1 aliphatic rings. The van der Waals surface area contributed by atoms with Crippen molar-refractivity contribution in [1.29, 1.82) is 0 Å². The zero-order valence-corrected chi connectivity index (χ0v) is 6.96. The highest BCUT2D eigenvalue weighted by Gasteiger charge is 2.34. The lowest BCUT2D eigenvalue weighted by Gasteiger charge is -2.25. The highest BCUT2D eigenvalue weighted by Crippen LogP contribution is 2.49. The van der Waals surface area contributed by atoms with Crippen molar-refractivity contribution in [2.24, 2.45) is 0 Å². The fraction of sp³-hybridized carbons (Fsp3) is 1.00. The Kier molecular flexibility index (Phi) is 2.18. The zero-order valence-electron chi connectivity index (χ0n) is 4.63. The maximum absolute atomic E-state index is 9.01. The average molecular weight is 191 g/mol. The van der Waals surface area contributed by atoms with Gasteiger partial charge in [0.25, 0.3) is 0 Å². The lowest BCUT2D eigenvalue weighted by Crippen LogP contribution is -2.09. The quantitative estimate of drug-likeness (QED) is 0.574. The molecule has 0 aromatic heterocycles. The molecule has 2 N–H and O–H groups in total. The highest BCUT2D eigenvalue weighted by atomic mass is 35.5. The summed E-state index contributed by atoms with van der Waals surface area (Å²) in [6.07, 6.45) is 0. The van der Waals surface area contributed by atoms with Gasteiger partial charge in [0.15, 0.2) is 0 Å². The van der Waals surface area contributed by atoms with Crippen LogP contribution in [0.4, 0.5) is 0 Å². The molecule has 1 fully saturated rings. The molecular weight excluding hydrogens is 183 g/mol. The Labute approximate surface area is 65.5 Å². The Morgan fingerprint density at radius 2 is 1.44 bits per heavy atom. The van der Waals surface area contributed by atoms with Crippen LogP contribution in [0, 0.1) is 0 Å². The van der Waals surface area contributed by atoms with E-state index in [4.69, 9.17) is 32.3 Å². The third-order valence-electron chi connectivity index (χ3n) is 1.24. The smallest absolute Gasteiger partial charge is 0.0688 e. The molecule has 0 aromatic carbocycles. The minimum absolute atomic E-state index is 0.253. The summed E-state index contributed by atoms with van der Waals surface area (Å²) in [5.74, 6) is 0.505. The summed E-state index contributed by atoms with van der Waals surface area (Å²) in [7, 11) is -2.41. The van der Waals surface area contributed by atoms with E-state index in [0.29, 0.717) is 0 Å². The van der Waals surface area contributed by atoms with Gasteiger partial charge in [0.1, 0.15) is 0 Å². The number of halogens is 2. The van der Waals surface area contributed by atoms with Crippen LogP contribution in [0.3, 0.4) is 0 Å². The largest absolute Gasteiger partial charge is 0.299 e. The van der Waals surface area contributed by atoms with Gasteiger partial charge in [-0.3, -0.25) is 9.11 Å². The van der Waals surface area contributed by atoms with Crippen LogP contribution in [-0.2, 0) is 0 Å². The van der Waals surface area contributed by atoms with Crippen molar-refractivity contribution in [3.63, 3.8) is 0 Å². The predicted molar refractivity (Wildman–Crippen MR) is 41.9 cm³/mol. The summed E-state index contributed by atoms with van der Waals surface area (Å²) in [6.45, 7) is 0. The molecule has 2 unspecified atom stereocenters. The van der Waals surface area contributed by atoms with E-state index in [1.807, 2.05) is 0 Å². The average Bonchev–Trinajstić information content (AvgIpc) is 1.79. The molecule has 2 atom stereocenters. The Hall–Kier alpha value is 0.850. The molecule has 1 heterocycles. The summed E-state index contributed by atoms with van der Waals surface area (Å²) in [6, 6.07) is 0. The molecular formula is C4H8Cl2O2S. The standard InChI is InChI=1S/C4H8Cl2O2S/c5-3-1-9(7,8)2-4(3)6/h3-4,7-8H,1-2H2. The van der Waals surface area contributed by atoms with E-state index >= 15 is 0 Å². The van der Waals surface area contributed by atoms with Gasteiger partial charge in [0.2, 0.25) is 0 Å². The van der Waals surface area contributed by atoms with Crippen molar-refractivity contribution in [3.8, 4) is 0 Å². The van der Waals surface area contributed by atoms with Crippen LogP contribution in [0.2, 0.25) is 0 Å². The fourth-order valence-electron chi connectivity index (χ4n) is 0.787. The second kappa shape index (κ2) is 2.47. The summed E-state index contributed by atoms with van der Waals surface area (Å²) >= 11 is 11.2. The van der Waals surface area contributed by atoms with Gasteiger partial charge in [-0.15, -0.1) is 23.2 Å².